The highest BCUT2D eigenvalue weighted by Gasteiger charge is 2.19. The van der Waals surface area contributed by atoms with Crippen LogP contribution in [0.15, 0.2) is 58.1 Å². The van der Waals surface area contributed by atoms with E-state index in [-0.39, 0.29) is 36.4 Å². The molecule has 2 aromatic carbocycles. The first-order valence-corrected chi connectivity index (χ1v) is 10.3. The average molecular weight is 449 g/mol. The summed E-state index contributed by atoms with van der Waals surface area (Å²) in [5.41, 5.74) is 1.98. The molecule has 170 valence electrons. The maximum atomic E-state index is 12.9. The first kappa shape index (κ1) is 22.0. The van der Waals surface area contributed by atoms with Gasteiger partial charge in [0.15, 0.2) is 11.2 Å². The fourth-order valence-corrected chi connectivity index (χ4v) is 3.80. The Kier molecular flexibility index (Phi) is 5.84. The predicted octanol–water partition coefficient (Wildman–Crippen LogP) is 1.25. The number of aromatic nitrogens is 4. The Morgan fingerprint density at radius 3 is 2.39 bits per heavy atom. The zero-order valence-corrected chi connectivity index (χ0v) is 18.1. The lowest BCUT2D eigenvalue weighted by Gasteiger charge is -2.12. The van der Waals surface area contributed by atoms with Gasteiger partial charge in [-0.15, -0.1) is 0 Å². The van der Waals surface area contributed by atoms with Crippen LogP contribution in [-0.2, 0) is 20.6 Å². The van der Waals surface area contributed by atoms with E-state index < -0.39 is 17.2 Å². The maximum absolute atomic E-state index is 12.9. The first-order valence-electron chi connectivity index (χ1n) is 10.3. The number of imidazole rings is 1. The summed E-state index contributed by atoms with van der Waals surface area (Å²) in [4.78, 5) is 41.2. The molecule has 0 bridgehead atoms. The van der Waals surface area contributed by atoms with Crippen molar-refractivity contribution in [3.05, 3.63) is 80.5 Å². The summed E-state index contributed by atoms with van der Waals surface area (Å²) in [5, 5.41) is 21.7. The Labute approximate surface area is 188 Å². The molecule has 10 heteroatoms. The van der Waals surface area contributed by atoms with E-state index in [1.807, 2.05) is 24.3 Å². The van der Waals surface area contributed by atoms with Gasteiger partial charge < -0.3 is 15.5 Å². The van der Waals surface area contributed by atoms with Crippen LogP contribution in [0.3, 0.4) is 0 Å². The van der Waals surface area contributed by atoms with Crippen LogP contribution in [0.2, 0.25) is 0 Å². The molecule has 4 aromatic rings. The third-order valence-corrected chi connectivity index (χ3v) is 5.51. The summed E-state index contributed by atoms with van der Waals surface area (Å²) in [7, 11) is 2.96. The standard InChI is InChI=1S/C23H23N5O5/c1-26-19-18(20(30)27(2)23(26)33)28(22(25-19)24-11-12-29)13-14-7-9-15(10-8-14)16-5-3-4-6-17(16)21(31)32/h3-10,29H,11-13H2,1-2H3,(H,24,25)(H,31,32). The lowest BCUT2D eigenvalue weighted by molar-refractivity contribution is 0.0697. The normalized spacial score (nSPS) is 11.1. The summed E-state index contributed by atoms with van der Waals surface area (Å²) < 4.78 is 4.01. The van der Waals surface area contributed by atoms with E-state index in [0.29, 0.717) is 11.5 Å². The van der Waals surface area contributed by atoms with Crippen molar-refractivity contribution in [2.45, 2.75) is 6.54 Å². The monoisotopic (exact) mass is 449 g/mol. The number of carboxylic acid groups (broad SMARTS) is 1. The van der Waals surface area contributed by atoms with Crippen molar-refractivity contribution >= 4 is 23.1 Å². The lowest BCUT2D eigenvalue weighted by atomic mass is 9.99. The van der Waals surface area contributed by atoms with Crippen molar-refractivity contribution in [2.75, 3.05) is 18.5 Å². The van der Waals surface area contributed by atoms with Gasteiger partial charge in [-0.25, -0.2) is 9.59 Å². The Morgan fingerprint density at radius 1 is 1.03 bits per heavy atom. The van der Waals surface area contributed by atoms with Crippen molar-refractivity contribution in [1.82, 2.24) is 18.7 Å². The number of anilines is 1. The molecule has 33 heavy (non-hydrogen) atoms. The highest BCUT2D eigenvalue weighted by Crippen LogP contribution is 2.25. The summed E-state index contributed by atoms with van der Waals surface area (Å²) >= 11 is 0. The highest BCUT2D eigenvalue weighted by molar-refractivity contribution is 5.96. The second kappa shape index (κ2) is 8.75. The van der Waals surface area contributed by atoms with Crippen molar-refractivity contribution in [3.63, 3.8) is 0 Å². The minimum Gasteiger partial charge on any atom is -0.478 e. The van der Waals surface area contributed by atoms with Gasteiger partial charge in [-0.1, -0.05) is 42.5 Å². The van der Waals surface area contributed by atoms with E-state index in [9.17, 15) is 24.6 Å². The Balaban J connectivity index is 1.78. The summed E-state index contributed by atoms with van der Waals surface area (Å²) in [6.45, 7) is 0.374. The van der Waals surface area contributed by atoms with E-state index in [2.05, 4.69) is 10.3 Å². The molecule has 10 nitrogen and oxygen atoms in total. The smallest absolute Gasteiger partial charge is 0.336 e. The molecule has 0 fully saturated rings. The van der Waals surface area contributed by atoms with Gasteiger partial charge in [-0.3, -0.25) is 18.5 Å². The Morgan fingerprint density at radius 2 is 1.73 bits per heavy atom. The van der Waals surface area contributed by atoms with Crippen molar-refractivity contribution in [1.29, 1.82) is 0 Å². The molecule has 0 aliphatic heterocycles. The molecule has 3 N–H and O–H groups in total. The van der Waals surface area contributed by atoms with Crippen LogP contribution in [0, 0.1) is 0 Å². The molecule has 0 atom stereocenters. The maximum Gasteiger partial charge on any atom is 0.336 e. The number of rotatable bonds is 7. The average Bonchev–Trinajstić information content (AvgIpc) is 3.18. The summed E-state index contributed by atoms with van der Waals surface area (Å²) in [6.07, 6.45) is 0. The van der Waals surface area contributed by atoms with Gasteiger partial charge in [0.1, 0.15) is 0 Å². The number of fused-ring (bicyclic) bond motifs is 1. The Bertz CT molecular complexity index is 1460. The zero-order valence-electron chi connectivity index (χ0n) is 18.1. The van der Waals surface area contributed by atoms with Gasteiger partial charge in [0, 0.05) is 20.6 Å². The van der Waals surface area contributed by atoms with Crippen LogP contribution in [0.5, 0.6) is 0 Å². The second-order valence-corrected chi connectivity index (χ2v) is 7.60. The van der Waals surface area contributed by atoms with Crippen molar-refractivity contribution in [2.24, 2.45) is 14.1 Å². The molecule has 0 saturated heterocycles. The minimum absolute atomic E-state index is 0.127. The van der Waals surface area contributed by atoms with E-state index in [1.165, 1.54) is 11.6 Å². The van der Waals surface area contributed by atoms with Crippen LogP contribution in [-0.4, -0.2) is 48.0 Å². The van der Waals surface area contributed by atoms with Crippen LogP contribution >= 0.6 is 0 Å². The number of carboxylic acids is 1. The van der Waals surface area contributed by atoms with Gasteiger partial charge in [-0.05, 0) is 22.8 Å². The molecule has 0 radical (unpaired) electrons. The van der Waals surface area contributed by atoms with Gasteiger partial charge in [0.2, 0.25) is 5.95 Å². The topological polar surface area (TPSA) is 131 Å². The van der Waals surface area contributed by atoms with E-state index in [0.717, 1.165) is 15.7 Å². The first-order chi connectivity index (χ1) is 15.8. The zero-order chi connectivity index (χ0) is 23.7. The molecular formula is C23H23N5O5. The Hall–Kier alpha value is -4.18. The molecule has 4 rings (SSSR count). The van der Waals surface area contributed by atoms with Gasteiger partial charge in [0.05, 0.1) is 18.7 Å². The number of aliphatic hydroxyl groups excluding tert-OH is 1. The molecule has 0 spiro atoms. The number of nitrogens with zero attached hydrogens (tertiary/aromatic N) is 4. The lowest BCUT2D eigenvalue weighted by Crippen LogP contribution is -2.37. The van der Waals surface area contributed by atoms with E-state index in [1.54, 1.807) is 35.9 Å². The third-order valence-electron chi connectivity index (χ3n) is 5.51. The molecule has 0 aliphatic carbocycles. The van der Waals surface area contributed by atoms with Crippen LogP contribution in [0.1, 0.15) is 15.9 Å². The quantitative estimate of drug-likeness (QED) is 0.387. The van der Waals surface area contributed by atoms with Crippen molar-refractivity contribution < 1.29 is 15.0 Å². The highest BCUT2D eigenvalue weighted by atomic mass is 16.4. The number of carbonyl (C=O) groups is 1. The van der Waals surface area contributed by atoms with Crippen LogP contribution in [0.25, 0.3) is 22.3 Å². The molecule has 0 aliphatic rings. The van der Waals surface area contributed by atoms with Crippen LogP contribution < -0.4 is 16.6 Å². The third kappa shape index (κ3) is 3.92. The summed E-state index contributed by atoms with van der Waals surface area (Å²) in [5.74, 6) is -0.640. The summed E-state index contributed by atoms with van der Waals surface area (Å²) in [6, 6.07) is 14.1. The number of aromatic carboxylic acids is 1. The van der Waals surface area contributed by atoms with Gasteiger partial charge in [0.25, 0.3) is 5.56 Å². The molecule has 0 amide bonds. The molecule has 0 unspecified atom stereocenters. The molecule has 2 aromatic heterocycles. The van der Waals surface area contributed by atoms with Crippen molar-refractivity contribution in [3.8, 4) is 11.1 Å². The van der Waals surface area contributed by atoms with Crippen LogP contribution in [0.4, 0.5) is 5.95 Å². The number of benzene rings is 2. The van der Waals surface area contributed by atoms with Gasteiger partial charge in [-0.2, -0.15) is 4.98 Å². The fourth-order valence-electron chi connectivity index (χ4n) is 3.80. The number of hydrogen-bond donors (Lipinski definition) is 3. The minimum atomic E-state index is -0.999. The number of aryl methyl sites for hydroxylation is 1. The molecule has 2 heterocycles. The number of hydrogen-bond acceptors (Lipinski definition) is 6. The number of aliphatic hydroxyl groups is 1. The molecule has 0 saturated carbocycles. The molecular weight excluding hydrogens is 426 g/mol. The van der Waals surface area contributed by atoms with E-state index in [4.69, 9.17) is 0 Å². The largest absolute Gasteiger partial charge is 0.478 e. The van der Waals surface area contributed by atoms with Gasteiger partial charge >= 0.3 is 11.7 Å². The SMILES string of the molecule is Cn1c(=O)c2c(nc(NCCO)n2Cc2ccc(-c3ccccc3C(=O)O)cc2)n(C)c1=O. The van der Waals surface area contributed by atoms with E-state index >= 15 is 0 Å². The fraction of sp³-hybridized carbons (Fsp3) is 0.217. The predicted molar refractivity (Wildman–Crippen MR) is 124 cm³/mol. The number of nitrogens with one attached hydrogen (secondary N) is 1. The second-order valence-electron chi connectivity index (χ2n) is 7.60.